The first-order valence-electron chi connectivity index (χ1n) is 8.08. The number of hydrogen-bond acceptors (Lipinski definition) is 4. The van der Waals surface area contributed by atoms with Gasteiger partial charge in [0.1, 0.15) is 5.75 Å². The fraction of sp³-hybridized carbons (Fsp3) is 0.529. The summed E-state index contributed by atoms with van der Waals surface area (Å²) in [6.07, 6.45) is 6.40. The van der Waals surface area contributed by atoms with E-state index in [0.29, 0.717) is 29.5 Å². The highest BCUT2D eigenvalue weighted by molar-refractivity contribution is 5.97. The Bertz CT molecular complexity index is 554. The van der Waals surface area contributed by atoms with Crippen LogP contribution in [0.15, 0.2) is 18.2 Å². The maximum Gasteiger partial charge on any atom is 0.243 e. The molecule has 0 saturated heterocycles. The SMILES string of the molecule is COc1ccc(N)c(NC(=O)CNC(=O)CCC2CCCC2)c1. The van der Waals surface area contributed by atoms with Crippen molar-refractivity contribution in [1.82, 2.24) is 5.32 Å². The van der Waals surface area contributed by atoms with Gasteiger partial charge in [-0.2, -0.15) is 0 Å². The second-order valence-corrected chi connectivity index (χ2v) is 5.97. The topological polar surface area (TPSA) is 93.4 Å². The summed E-state index contributed by atoms with van der Waals surface area (Å²) in [5.41, 5.74) is 6.74. The monoisotopic (exact) mass is 319 g/mol. The number of nitrogens with one attached hydrogen (secondary N) is 2. The summed E-state index contributed by atoms with van der Waals surface area (Å²) in [6, 6.07) is 5.03. The van der Waals surface area contributed by atoms with E-state index in [0.717, 1.165) is 6.42 Å². The molecule has 0 heterocycles. The Labute approximate surface area is 136 Å². The van der Waals surface area contributed by atoms with Crippen molar-refractivity contribution in [1.29, 1.82) is 0 Å². The molecule has 1 fully saturated rings. The number of amides is 2. The summed E-state index contributed by atoms with van der Waals surface area (Å²) in [5, 5.41) is 5.33. The number of benzene rings is 1. The predicted molar refractivity (Wildman–Crippen MR) is 90.2 cm³/mol. The van der Waals surface area contributed by atoms with Crippen LogP contribution in [0.25, 0.3) is 0 Å². The lowest BCUT2D eigenvalue weighted by atomic mass is 10.0. The molecule has 2 rings (SSSR count). The van der Waals surface area contributed by atoms with Crippen LogP contribution in [0.4, 0.5) is 11.4 Å². The predicted octanol–water partition coefficient (Wildman–Crippen LogP) is 2.30. The molecule has 0 bridgehead atoms. The van der Waals surface area contributed by atoms with Crippen molar-refractivity contribution in [3.63, 3.8) is 0 Å². The van der Waals surface area contributed by atoms with Gasteiger partial charge in [0, 0.05) is 12.5 Å². The Morgan fingerprint density at radius 2 is 2.00 bits per heavy atom. The van der Waals surface area contributed by atoms with Crippen molar-refractivity contribution >= 4 is 23.2 Å². The van der Waals surface area contributed by atoms with E-state index in [-0.39, 0.29) is 18.4 Å². The molecular formula is C17H25N3O3. The number of rotatable bonds is 7. The number of hydrogen-bond donors (Lipinski definition) is 3. The number of carbonyl (C=O) groups excluding carboxylic acids is 2. The van der Waals surface area contributed by atoms with Crippen LogP contribution in [0.5, 0.6) is 5.75 Å². The van der Waals surface area contributed by atoms with E-state index in [2.05, 4.69) is 10.6 Å². The van der Waals surface area contributed by atoms with E-state index in [4.69, 9.17) is 10.5 Å². The van der Waals surface area contributed by atoms with Crippen LogP contribution in [-0.2, 0) is 9.59 Å². The number of nitrogens with two attached hydrogens (primary N) is 1. The standard InChI is InChI=1S/C17H25N3O3/c1-23-13-7-8-14(18)15(10-13)20-17(22)11-19-16(21)9-6-12-4-2-3-5-12/h7-8,10,12H,2-6,9,11,18H2,1H3,(H,19,21)(H,20,22). The molecule has 23 heavy (non-hydrogen) atoms. The molecule has 0 radical (unpaired) electrons. The third-order valence-corrected chi connectivity index (χ3v) is 4.24. The lowest BCUT2D eigenvalue weighted by molar-refractivity contribution is -0.124. The van der Waals surface area contributed by atoms with Gasteiger partial charge >= 0.3 is 0 Å². The molecule has 1 saturated carbocycles. The van der Waals surface area contributed by atoms with E-state index >= 15 is 0 Å². The number of nitrogen functional groups attached to an aromatic ring is 1. The molecule has 1 aromatic rings. The maximum absolute atomic E-state index is 11.9. The molecule has 0 aliphatic heterocycles. The van der Waals surface area contributed by atoms with Gasteiger partial charge in [0.15, 0.2) is 0 Å². The average molecular weight is 319 g/mol. The van der Waals surface area contributed by atoms with Crippen LogP contribution in [-0.4, -0.2) is 25.5 Å². The Morgan fingerprint density at radius 3 is 2.70 bits per heavy atom. The smallest absolute Gasteiger partial charge is 0.243 e. The minimum Gasteiger partial charge on any atom is -0.497 e. The molecule has 6 nitrogen and oxygen atoms in total. The molecule has 1 aliphatic rings. The molecule has 1 aliphatic carbocycles. The Morgan fingerprint density at radius 1 is 1.26 bits per heavy atom. The minimum absolute atomic E-state index is 0.0554. The molecule has 0 spiro atoms. The van der Waals surface area contributed by atoms with Gasteiger partial charge in [-0.05, 0) is 24.5 Å². The second kappa shape index (κ2) is 8.41. The lowest BCUT2D eigenvalue weighted by Gasteiger charge is -2.11. The van der Waals surface area contributed by atoms with Crippen LogP contribution < -0.4 is 21.1 Å². The molecule has 126 valence electrons. The third kappa shape index (κ3) is 5.47. The molecule has 2 amide bonds. The number of methoxy groups -OCH3 is 1. The molecule has 0 atom stereocenters. The van der Waals surface area contributed by atoms with E-state index in [1.54, 1.807) is 25.3 Å². The van der Waals surface area contributed by atoms with Crippen LogP contribution in [0.1, 0.15) is 38.5 Å². The van der Waals surface area contributed by atoms with Gasteiger partial charge in [-0.1, -0.05) is 25.7 Å². The van der Waals surface area contributed by atoms with Gasteiger partial charge in [-0.15, -0.1) is 0 Å². The summed E-state index contributed by atoms with van der Waals surface area (Å²) in [5.74, 6) is 0.895. The summed E-state index contributed by atoms with van der Waals surface area (Å²) in [4.78, 5) is 23.7. The van der Waals surface area contributed by atoms with Crippen LogP contribution in [0.2, 0.25) is 0 Å². The molecular weight excluding hydrogens is 294 g/mol. The summed E-state index contributed by atoms with van der Waals surface area (Å²) >= 11 is 0. The Hall–Kier alpha value is -2.24. The van der Waals surface area contributed by atoms with Gasteiger partial charge in [0.25, 0.3) is 0 Å². The zero-order chi connectivity index (χ0) is 16.7. The van der Waals surface area contributed by atoms with Crippen molar-refractivity contribution in [3.05, 3.63) is 18.2 Å². The van der Waals surface area contributed by atoms with Crippen molar-refractivity contribution in [2.24, 2.45) is 5.92 Å². The van der Waals surface area contributed by atoms with E-state index in [1.165, 1.54) is 25.7 Å². The van der Waals surface area contributed by atoms with Crippen molar-refractivity contribution in [2.45, 2.75) is 38.5 Å². The quantitative estimate of drug-likeness (QED) is 0.672. The second-order valence-electron chi connectivity index (χ2n) is 5.97. The fourth-order valence-electron chi connectivity index (χ4n) is 2.87. The van der Waals surface area contributed by atoms with Crippen LogP contribution >= 0.6 is 0 Å². The highest BCUT2D eigenvalue weighted by atomic mass is 16.5. The number of anilines is 2. The van der Waals surface area contributed by atoms with E-state index in [1.807, 2.05) is 0 Å². The van der Waals surface area contributed by atoms with Gasteiger partial charge < -0.3 is 21.1 Å². The largest absolute Gasteiger partial charge is 0.497 e. The first-order chi connectivity index (χ1) is 11.1. The van der Waals surface area contributed by atoms with Crippen LogP contribution in [0.3, 0.4) is 0 Å². The Balaban J connectivity index is 1.73. The number of carbonyl (C=O) groups is 2. The van der Waals surface area contributed by atoms with Gasteiger partial charge in [-0.3, -0.25) is 9.59 Å². The molecule has 0 unspecified atom stereocenters. The summed E-state index contributed by atoms with van der Waals surface area (Å²) in [7, 11) is 1.54. The Kier molecular flexibility index (Phi) is 6.26. The third-order valence-electron chi connectivity index (χ3n) is 4.24. The minimum atomic E-state index is -0.306. The molecule has 1 aromatic carbocycles. The first-order valence-corrected chi connectivity index (χ1v) is 8.08. The highest BCUT2D eigenvalue weighted by Gasteiger charge is 2.16. The zero-order valence-electron chi connectivity index (χ0n) is 13.6. The molecule has 0 aromatic heterocycles. The average Bonchev–Trinajstić information content (AvgIpc) is 3.06. The maximum atomic E-state index is 11.9. The normalized spacial score (nSPS) is 14.5. The fourth-order valence-corrected chi connectivity index (χ4v) is 2.87. The zero-order valence-corrected chi connectivity index (χ0v) is 13.6. The van der Waals surface area contributed by atoms with Gasteiger partial charge in [0.05, 0.1) is 25.0 Å². The van der Waals surface area contributed by atoms with E-state index in [9.17, 15) is 9.59 Å². The van der Waals surface area contributed by atoms with Crippen molar-refractivity contribution < 1.29 is 14.3 Å². The van der Waals surface area contributed by atoms with Gasteiger partial charge in [0.2, 0.25) is 11.8 Å². The van der Waals surface area contributed by atoms with Crippen molar-refractivity contribution in [3.8, 4) is 5.75 Å². The highest BCUT2D eigenvalue weighted by Crippen LogP contribution is 2.28. The molecule has 4 N–H and O–H groups in total. The first kappa shape index (κ1) is 17.1. The van der Waals surface area contributed by atoms with Crippen molar-refractivity contribution in [2.75, 3.05) is 24.7 Å². The summed E-state index contributed by atoms with van der Waals surface area (Å²) < 4.78 is 5.09. The van der Waals surface area contributed by atoms with E-state index < -0.39 is 0 Å². The summed E-state index contributed by atoms with van der Waals surface area (Å²) in [6.45, 7) is -0.0554. The lowest BCUT2D eigenvalue weighted by Crippen LogP contribution is -2.33. The number of ether oxygens (including phenoxy) is 1. The van der Waals surface area contributed by atoms with Crippen LogP contribution in [0, 0.1) is 5.92 Å². The van der Waals surface area contributed by atoms with Gasteiger partial charge in [-0.25, -0.2) is 0 Å². The molecule has 6 heteroatoms.